The van der Waals surface area contributed by atoms with E-state index in [9.17, 15) is 4.79 Å². The third-order valence-electron chi connectivity index (χ3n) is 3.93. The predicted molar refractivity (Wildman–Crippen MR) is 86.7 cm³/mol. The number of piperidine rings is 1. The lowest BCUT2D eigenvalue weighted by Gasteiger charge is -2.33. The quantitative estimate of drug-likeness (QED) is 0.908. The van der Waals surface area contributed by atoms with Gasteiger partial charge in [-0.15, -0.1) is 12.4 Å². The van der Waals surface area contributed by atoms with Crippen LogP contribution in [0.4, 0.5) is 0 Å². The molecule has 0 saturated carbocycles. The topological polar surface area (TPSA) is 55.6 Å². The van der Waals surface area contributed by atoms with Crippen molar-refractivity contribution in [2.75, 3.05) is 26.2 Å². The summed E-state index contributed by atoms with van der Waals surface area (Å²) in [6.45, 7) is 4.71. The fourth-order valence-corrected chi connectivity index (χ4v) is 2.46. The van der Waals surface area contributed by atoms with Crippen LogP contribution in [-0.4, -0.2) is 37.0 Å². The van der Waals surface area contributed by atoms with Gasteiger partial charge in [0.2, 0.25) is 5.91 Å². The molecule has 1 heterocycles. The van der Waals surface area contributed by atoms with E-state index in [0.29, 0.717) is 12.5 Å². The Balaban J connectivity index is 0.00000220. The van der Waals surface area contributed by atoms with Crippen molar-refractivity contribution < 1.29 is 9.53 Å². The standard InChI is InChI=1S/C16H24N2O2.ClH/c1-13(11-17)16(19)18-9-7-14(8-10-18)12-20-15-5-3-2-4-6-15;/h2-6,13-14H,7-12,17H2,1H3;1H. The van der Waals surface area contributed by atoms with E-state index in [1.165, 1.54) is 0 Å². The number of hydrogen-bond donors (Lipinski definition) is 1. The van der Waals surface area contributed by atoms with Gasteiger partial charge in [0, 0.05) is 25.6 Å². The minimum atomic E-state index is -0.0629. The molecule has 1 saturated heterocycles. The Kier molecular flexibility index (Phi) is 7.54. The van der Waals surface area contributed by atoms with Gasteiger partial charge in [0.1, 0.15) is 5.75 Å². The monoisotopic (exact) mass is 312 g/mol. The summed E-state index contributed by atoms with van der Waals surface area (Å²) in [5, 5.41) is 0. The van der Waals surface area contributed by atoms with Crippen molar-refractivity contribution in [1.29, 1.82) is 0 Å². The van der Waals surface area contributed by atoms with Gasteiger partial charge >= 0.3 is 0 Å². The molecule has 2 N–H and O–H groups in total. The molecular weight excluding hydrogens is 288 g/mol. The van der Waals surface area contributed by atoms with Crippen LogP contribution in [0.25, 0.3) is 0 Å². The van der Waals surface area contributed by atoms with Crippen molar-refractivity contribution in [3.63, 3.8) is 0 Å². The number of rotatable bonds is 5. The summed E-state index contributed by atoms with van der Waals surface area (Å²) in [5.41, 5.74) is 5.55. The van der Waals surface area contributed by atoms with E-state index in [1.807, 2.05) is 42.2 Å². The first-order chi connectivity index (χ1) is 9.70. The number of ether oxygens (including phenoxy) is 1. The number of benzene rings is 1. The molecular formula is C16H25ClN2O2. The molecule has 1 fully saturated rings. The highest BCUT2D eigenvalue weighted by atomic mass is 35.5. The Bertz CT molecular complexity index is 420. The van der Waals surface area contributed by atoms with Gasteiger partial charge in [-0.25, -0.2) is 0 Å². The molecule has 4 nitrogen and oxygen atoms in total. The van der Waals surface area contributed by atoms with Crippen molar-refractivity contribution >= 4 is 18.3 Å². The summed E-state index contributed by atoms with van der Waals surface area (Å²) in [6, 6.07) is 9.88. The minimum absolute atomic E-state index is 0. The predicted octanol–water partition coefficient (Wildman–Crippen LogP) is 2.32. The van der Waals surface area contributed by atoms with Crippen LogP contribution in [0.3, 0.4) is 0 Å². The molecule has 2 rings (SSSR count). The number of halogens is 1. The first-order valence-electron chi connectivity index (χ1n) is 7.37. The zero-order chi connectivity index (χ0) is 14.4. The molecule has 0 bridgehead atoms. The number of carbonyl (C=O) groups excluding carboxylic acids is 1. The van der Waals surface area contributed by atoms with Crippen LogP contribution in [0.5, 0.6) is 5.75 Å². The lowest BCUT2D eigenvalue weighted by atomic mass is 9.96. The van der Waals surface area contributed by atoms with E-state index in [1.54, 1.807) is 0 Å². The van der Waals surface area contributed by atoms with E-state index in [-0.39, 0.29) is 24.2 Å². The van der Waals surface area contributed by atoms with Crippen LogP contribution < -0.4 is 10.5 Å². The first kappa shape index (κ1) is 17.8. The maximum absolute atomic E-state index is 12.0. The Hall–Kier alpha value is -1.26. The fourth-order valence-electron chi connectivity index (χ4n) is 2.46. The fraction of sp³-hybridized carbons (Fsp3) is 0.562. The Morgan fingerprint density at radius 1 is 1.33 bits per heavy atom. The van der Waals surface area contributed by atoms with Crippen molar-refractivity contribution in [2.45, 2.75) is 19.8 Å². The van der Waals surface area contributed by atoms with Crippen LogP contribution in [0, 0.1) is 11.8 Å². The summed E-state index contributed by atoms with van der Waals surface area (Å²) in [4.78, 5) is 14.0. The zero-order valence-electron chi connectivity index (χ0n) is 12.5. The maximum atomic E-state index is 12.0. The van der Waals surface area contributed by atoms with E-state index in [0.717, 1.165) is 38.3 Å². The molecule has 118 valence electrons. The second-order valence-corrected chi connectivity index (χ2v) is 5.53. The highest BCUT2D eigenvalue weighted by Gasteiger charge is 2.25. The van der Waals surface area contributed by atoms with E-state index < -0.39 is 0 Å². The molecule has 0 aliphatic carbocycles. The van der Waals surface area contributed by atoms with Gasteiger partial charge in [-0.05, 0) is 30.9 Å². The van der Waals surface area contributed by atoms with Gasteiger partial charge < -0.3 is 15.4 Å². The van der Waals surface area contributed by atoms with Gasteiger partial charge in [-0.2, -0.15) is 0 Å². The van der Waals surface area contributed by atoms with Gasteiger partial charge in [0.05, 0.1) is 6.61 Å². The highest BCUT2D eigenvalue weighted by molar-refractivity contribution is 5.85. The molecule has 1 aromatic rings. The second-order valence-electron chi connectivity index (χ2n) is 5.53. The van der Waals surface area contributed by atoms with E-state index >= 15 is 0 Å². The number of nitrogens with two attached hydrogens (primary N) is 1. The molecule has 1 aliphatic heterocycles. The molecule has 5 heteroatoms. The molecule has 1 amide bonds. The van der Waals surface area contributed by atoms with E-state index in [2.05, 4.69) is 0 Å². The summed E-state index contributed by atoms with van der Waals surface area (Å²) in [7, 11) is 0. The smallest absolute Gasteiger partial charge is 0.226 e. The van der Waals surface area contributed by atoms with Crippen LogP contribution in [0.15, 0.2) is 30.3 Å². The number of carbonyl (C=O) groups is 1. The zero-order valence-corrected chi connectivity index (χ0v) is 13.3. The van der Waals surface area contributed by atoms with Crippen molar-refractivity contribution in [1.82, 2.24) is 4.90 Å². The van der Waals surface area contributed by atoms with Gasteiger partial charge in [0.15, 0.2) is 0 Å². The van der Waals surface area contributed by atoms with Gasteiger partial charge in [0.25, 0.3) is 0 Å². The lowest BCUT2D eigenvalue weighted by Crippen LogP contribution is -2.43. The maximum Gasteiger partial charge on any atom is 0.226 e. The third kappa shape index (κ3) is 5.21. The third-order valence-corrected chi connectivity index (χ3v) is 3.93. The minimum Gasteiger partial charge on any atom is -0.493 e. The Morgan fingerprint density at radius 3 is 2.52 bits per heavy atom. The van der Waals surface area contributed by atoms with Crippen LogP contribution in [-0.2, 0) is 4.79 Å². The van der Waals surface area contributed by atoms with Crippen molar-refractivity contribution in [3.05, 3.63) is 30.3 Å². The van der Waals surface area contributed by atoms with Crippen LogP contribution >= 0.6 is 12.4 Å². The molecule has 0 aromatic heterocycles. The van der Waals surface area contributed by atoms with Crippen molar-refractivity contribution in [2.24, 2.45) is 17.6 Å². The molecule has 0 radical (unpaired) electrons. The summed E-state index contributed by atoms with van der Waals surface area (Å²) < 4.78 is 5.79. The Labute approximate surface area is 133 Å². The van der Waals surface area contributed by atoms with Gasteiger partial charge in [-0.3, -0.25) is 4.79 Å². The highest BCUT2D eigenvalue weighted by Crippen LogP contribution is 2.20. The summed E-state index contributed by atoms with van der Waals surface area (Å²) in [6.07, 6.45) is 2.02. The molecule has 1 aliphatic rings. The molecule has 1 atom stereocenters. The van der Waals surface area contributed by atoms with Crippen molar-refractivity contribution in [3.8, 4) is 5.75 Å². The number of hydrogen-bond acceptors (Lipinski definition) is 3. The van der Waals surface area contributed by atoms with Crippen LogP contribution in [0.2, 0.25) is 0 Å². The van der Waals surface area contributed by atoms with Crippen LogP contribution in [0.1, 0.15) is 19.8 Å². The normalized spacial score (nSPS) is 17.0. The Morgan fingerprint density at radius 2 is 1.95 bits per heavy atom. The SMILES string of the molecule is CC(CN)C(=O)N1CCC(COc2ccccc2)CC1.Cl. The summed E-state index contributed by atoms with van der Waals surface area (Å²) in [5.74, 6) is 1.58. The average molecular weight is 313 g/mol. The number of likely N-dealkylation sites (tertiary alicyclic amines) is 1. The molecule has 21 heavy (non-hydrogen) atoms. The van der Waals surface area contributed by atoms with E-state index in [4.69, 9.17) is 10.5 Å². The summed E-state index contributed by atoms with van der Waals surface area (Å²) >= 11 is 0. The lowest BCUT2D eigenvalue weighted by molar-refractivity contribution is -0.136. The average Bonchev–Trinajstić information content (AvgIpc) is 2.53. The number of amides is 1. The first-order valence-corrected chi connectivity index (χ1v) is 7.37. The number of para-hydroxylation sites is 1. The molecule has 1 unspecified atom stereocenters. The second kappa shape index (κ2) is 8.90. The van der Waals surface area contributed by atoms with Gasteiger partial charge in [-0.1, -0.05) is 25.1 Å². The largest absolute Gasteiger partial charge is 0.493 e. The number of nitrogens with zero attached hydrogens (tertiary/aromatic N) is 1. The molecule has 0 spiro atoms. The molecule has 1 aromatic carbocycles.